The highest BCUT2D eigenvalue weighted by Gasteiger charge is 2.43. The summed E-state index contributed by atoms with van der Waals surface area (Å²) >= 11 is 0. The maximum absolute atomic E-state index is 10.6. The van der Waals surface area contributed by atoms with E-state index in [1.165, 1.54) is 0 Å². The lowest BCUT2D eigenvalue weighted by molar-refractivity contribution is 0.150. The van der Waals surface area contributed by atoms with Gasteiger partial charge in [0, 0.05) is 13.1 Å². The zero-order chi connectivity index (χ0) is 8.70. The lowest BCUT2D eigenvalue weighted by Gasteiger charge is -2.40. The van der Waals surface area contributed by atoms with Crippen molar-refractivity contribution in [2.45, 2.75) is 6.92 Å². The molecule has 62 valence electrons. The summed E-state index contributed by atoms with van der Waals surface area (Å²) in [7, 11) is -3.56. The molecule has 1 fully saturated rings. The molecular weight excluding hydrogens is 166 g/mol. The average molecular weight is 175 g/mol. The van der Waals surface area contributed by atoms with E-state index >= 15 is 0 Å². The van der Waals surface area contributed by atoms with Crippen LogP contribution in [0.15, 0.2) is 0 Å². The first kappa shape index (κ1) is 8.46. The summed E-state index contributed by atoms with van der Waals surface area (Å²) in [6.07, 6.45) is 0. The van der Waals surface area contributed by atoms with Gasteiger partial charge in [0.15, 0.2) is 0 Å². The number of nitrogens with two attached hydrogens (primary N) is 1. The van der Waals surface area contributed by atoms with Gasteiger partial charge in [0.25, 0.3) is 10.2 Å². The first-order valence-corrected chi connectivity index (χ1v) is 4.57. The maximum atomic E-state index is 10.6. The van der Waals surface area contributed by atoms with Crippen LogP contribution in [0.25, 0.3) is 0 Å². The van der Waals surface area contributed by atoms with Crippen molar-refractivity contribution in [2.75, 3.05) is 13.1 Å². The zero-order valence-corrected chi connectivity index (χ0v) is 6.93. The average Bonchev–Trinajstić information content (AvgIpc) is 1.78. The Balaban J connectivity index is 2.63. The van der Waals surface area contributed by atoms with Gasteiger partial charge in [0.05, 0.1) is 11.5 Å². The smallest absolute Gasteiger partial charge is 0.216 e. The second-order valence-corrected chi connectivity index (χ2v) is 4.53. The largest absolute Gasteiger partial charge is 0.277 e. The van der Waals surface area contributed by atoms with Crippen LogP contribution in [0, 0.1) is 16.7 Å². The Morgan fingerprint density at radius 3 is 2.36 bits per heavy atom. The van der Waals surface area contributed by atoms with Crippen molar-refractivity contribution in [3.8, 4) is 6.07 Å². The van der Waals surface area contributed by atoms with Crippen molar-refractivity contribution in [1.29, 1.82) is 5.26 Å². The second-order valence-electron chi connectivity index (χ2n) is 2.99. The molecule has 1 aliphatic heterocycles. The fourth-order valence-corrected chi connectivity index (χ4v) is 1.91. The monoisotopic (exact) mass is 175 g/mol. The van der Waals surface area contributed by atoms with Gasteiger partial charge in [-0.3, -0.25) is 0 Å². The Kier molecular flexibility index (Phi) is 1.67. The number of nitrogens with zero attached hydrogens (tertiary/aromatic N) is 2. The van der Waals surface area contributed by atoms with Gasteiger partial charge in [-0.2, -0.15) is 18.0 Å². The second kappa shape index (κ2) is 2.17. The highest BCUT2D eigenvalue weighted by molar-refractivity contribution is 7.86. The molecule has 0 spiro atoms. The predicted octanol–water partition coefficient (Wildman–Crippen LogP) is -0.965. The molecule has 0 amide bonds. The Hall–Kier alpha value is -0.640. The van der Waals surface area contributed by atoms with Gasteiger partial charge < -0.3 is 0 Å². The molecule has 0 aromatic heterocycles. The molecule has 5 nitrogen and oxygen atoms in total. The summed E-state index contributed by atoms with van der Waals surface area (Å²) in [5, 5.41) is 13.3. The summed E-state index contributed by atoms with van der Waals surface area (Å²) in [5.74, 6) is 0. The van der Waals surface area contributed by atoms with Crippen molar-refractivity contribution < 1.29 is 8.42 Å². The van der Waals surface area contributed by atoms with Crippen LogP contribution in [0.4, 0.5) is 0 Å². The SMILES string of the molecule is CC1(C#N)CN(S(N)(=O)=O)C1. The van der Waals surface area contributed by atoms with Crippen LogP contribution >= 0.6 is 0 Å². The number of hydrogen-bond donors (Lipinski definition) is 1. The van der Waals surface area contributed by atoms with Gasteiger partial charge in [-0.25, -0.2) is 5.14 Å². The molecule has 0 radical (unpaired) electrons. The first-order valence-electron chi connectivity index (χ1n) is 3.06. The molecule has 0 aliphatic carbocycles. The minimum atomic E-state index is -3.56. The molecule has 0 saturated carbocycles. The third-order valence-corrected chi connectivity index (χ3v) is 2.66. The number of rotatable bonds is 1. The number of hydrogen-bond acceptors (Lipinski definition) is 3. The Bertz CT molecular complexity index is 296. The lowest BCUT2D eigenvalue weighted by Crippen LogP contribution is -2.57. The third-order valence-electron chi connectivity index (χ3n) is 1.68. The summed E-state index contributed by atoms with van der Waals surface area (Å²) in [6, 6.07) is 2.02. The van der Waals surface area contributed by atoms with Crippen molar-refractivity contribution in [2.24, 2.45) is 10.6 Å². The highest BCUT2D eigenvalue weighted by Crippen LogP contribution is 2.29. The fourth-order valence-electron chi connectivity index (χ4n) is 0.983. The normalized spacial score (nSPS) is 23.7. The summed E-state index contributed by atoms with van der Waals surface area (Å²) < 4.78 is 22.3. The molecule has 1 aliphatic rings. The molecule has 0 aromatic carbocycles. The predicted molar refractivity (Wildman–Crippen MR) is 38.4 cm³/mol. The summed E-state index contributed by atoms with van der Waals surface area (Å²) in [4.78, 5) is 0. The minimum Gasteiger partial charge on any atom is -0.216 e. The maximum Gasteiger partial charge on any atom is 0.277 e. The van der Waals surface area contributed by atoms with Crippen LogP contribution < -0.4 is 5.14 Å². The van der Waals surface area contributed by atoms with E-state index in [0.717, 1.165) is 4.31 Å². The van der Waals surface area contributed by atoms with E-state index in [1.807, 2.05) is 6.07 Å². The summed E-state index contributed by atoms with van der Waals surface area (Å²) in [6.45, 7) is 2.12. The van der Waals surface area contributed by atoms with E-state index in [2.05, 4.69) is 0 Å². The Morgan fingerprint density at radius 1 is 1.64 bits per heavy atom. The van der Waals surface area contributed by atoms with Crippen molar-refractivity contribution in [3.63, 3.8) is 0 Å². The molecule has 1 saturated heterocycles. The van der Waals surface area contributed by atoms with E-state index in [4.69, 9.17) is 10.4 Å². The van der Waals surface area contributed by atoms with Gasteiger partial charge in [0.1, 0.15) is 0 Å². The third kappa shape index (κ3) is 1.50. The van der Waals surface area contributed by atoms with Gasteiger partial charge in [-0.15, -0.1) is 0 Å². The summed E-state index contributed by atoms with van der Waals surface area (Å²) in [5.41, 5.74) is -0.535. The fraction of sp³-hybridized carbons (Fsp3) is 0.800. The van der Waals surface area contributed by atoms with Crippen LogP contribution in [0.5, 0.6) is 0 Å². The first-order chi connectivity index (χ1) is 4.87. The lowest BCUT2D eigenvalue weighted by atomic mass is 9.86. The van der Waals surface area contributed by atoms with Crippen LogP contribution in [0.1, 0.15) is 6.92 Å². The van der Waals surface area contributed by atoms with Crippen molar-refractivity contribution in [1.82, 2.24) is 4.31 Å². The van der Waals surface area contributed by atoms with E-state index in [1.54, 1.807) is 6.92 Å². The van der Waals surface area contributed by atoms with Crippen LogP contribution in [-0.4, -0.2) is 25.8 Å². The minimum absolute atomic E-state index is 0.211. The number of nitriles is 1. The Morgan fingerprint density at radius 2 is 2.09 bits per heavy atom. The van der Waals surface area contributed by atoms with Gasteiger partial charge in [-0.05, 0) is 6.92 Å². The van der Waals surface area contributed by atoms with Gasteiger partial charge in [0.2, 0.25) is 0 Å². The zero-order valence-electron chi connectivity index (χ0n) is 6.11. The van der Waals surface area contributed by atoms with Gasteiger partial charge >= 0.3 is 0 Å². The Labute approximate surface area is 65.6 Å². The molecule has 0 bridgehead atoms. The topological polar surface area (TPSA) is 87.2 Å². The highest BCUT2D eigenvalue weighted by atomic mass is 32.2. The standard InChI is InChI=1S/C5H9N3O2S/c1-5(2-6)3-8(4-5)11(7,9)10/h3-4H2,1H3,(H2,7,9,10). The van der Waals surface area contributed by atoms with Crippen molar-refractivity contribution >= 4 is 10.2 Å². The quantitative estimate of drug-likeness (QED) is 0.556. The molecule has 11 heavy (non-hydrogen) atoms. The van der Waals surface area contributed by atoms with E-state index in [0.29, 0.717) is 0 Å². The van der Waals surface area contributed by atoms with E-state index in [-0.39, 0.29) is 13.1 Å². The molecule has 6 heteroatoms. The van der Waals surface area contributed by atoms with Crippen LogP contribution in [0.3, 0.4) is 0 Å². The van der Waals surface area contributed by atoms with Crippen LogP contribution in [0.2, 0.25) is 0 Å². The molecule has 1 heterocycles. The molecule has 1 rings (SSSR count). The molecule has 0 aromatic rings. The van der Waals surface area contributed by atoms with Gasteiger partial charge in [-0.1, -0.05) is 0 Å². The van der Waals surface area contributed by atoms with E-state index in [9.17, 15) is 8.42 Å². The molecule has 0 unspecified atom stereocenters. The van der Waals surface area contributed by atoms with Crippen LogP contribution in [-0.2, 0) is 10.2 Å². The molecular formula is C5H9N3O2S. The molecule has 2 N–H and O–H groups in total. The van der Waals surface area contributed by atoms with E-state index < -0.39 is 15.6 Å². The van der Waals surface area contributed by atoms with Crippen molar-refractivity contribution in [3.05, 3.63) is 0 Å². The molecule has 0 atom stereocenters.